The fraction of sp³-hybridized carbons (Fsp3) is 0. The Bertz CT molecular complexity index is 422. The minimum atomic E-state index is -0.104. The molecule has 2 aromatic rings. The first-order valence-corrected chi connectivity index (χ1v) is 8.13. The van der Waals surface area contributed by atoms with Gasteiger partial charge in [0.2, 0.25) is 0 Å². The summed E-state index contributed by atoms with van der Waals surface area (Å²) in [7, 11) is 0. The zero-order valence-corrected chi connectivity index (χ0v) is 10.7. The average molecular weight is 318 g/mol. The average Bonchev–Trinajstić information content (AvgIpc) is 2.72. The molecule has 1 aliphatic rings. The van der Waals surface area contributed by atoms with Crippen molar-refractivity contribution in [2.24, 2.45) is 0 Å². The third-order valence-electron chi connectivity index (χ3n) is 1.97. The molecule has 0 aliphatic carbocycles. The van der Waals surface area contributed by atoms with Crippen molar-refractivity contribution in [1.29, 1.82) is 0 Å². The van der Waals surface area contributed by atoms with Gasteiger partial charge in [0, 0.05) is 0 Å². The van der Waals surface area contributed by atoms with E-state index in [1.165, 1.54) is 11.1 Å². The van der Waals surface area contributed by atoms with E-state index in [4.69, 9.17) is 0 Å². The molecule has 3 heterocycles. The van der Waals surface area contributed by atoms with Crippen LogP contribution in [0.15, 0.2) is 21.5 Å². The SMILES string of the molecule is C1=Cc2cscc2[Te]c2cscc21. The predicted octanol–water partition coefficient (Wildman–Crippen LogP) is 1.95. The fourth-order valence-electron chi connectivity index (χ4n) is 1.30. The van der Waals surface area contributed by atoms with E-state index in [-0.39, 0.29) is 20.9 Å². The van der Waals surface area contributed by atoms with Crippen molar-refractivity contribution < 1.29 is 0 Å². The summed E-state index contributed by atoms with van der Waals surface area (Å²) in [5.74, 6) is 0. The van der Waals surface area contributed by atoms with Crippen molar-refractivity contribution in [1.82, 2.24) is 0 Å². The standard InChI is InChI=1S/C10H6S2Te/c1-2-8-4-12-6-10(8)13-9-5-11-3-7(1)9/h1-6H. The third kappa shape index (κ3) is 1.41. The first kappa shape index (κ1) is 8.26. The Hall–Kier alpha value is -0.0704. The number of fused-ring (bicyclic) bond motifs is 2. The van der Waals surface area contributed by atoms with Crippen molar-refractivity contribution in [3.63, 3.8) is 0 Å². The van der Waals surface area contributed by atoms with Crippen LogP contribution in [0.1, 0.15) is 11.1 Å². The molecule has 1 aliphatic heterocycles. The number of hydrogen-bond acceptors (Lipinski definition) is 2. The van der Waals surface area contributed by atoms with E-state index in [1.54, 1.807) is 7.22 Å². The van der Waals surface area contributed by atoms with Crippen LogP contribution in [-0.4, -0.2) is 20.9 Å². The first-order chi connectivity index (χ1) is 6.43. The van der Waals surface area contributed by atoms with Crippen LogP contribution in [0.3, 0.4) is 0 Å². The second kappa shape index (κ2) is 3.25. The zero-order valence-electron chi connectivity index (χ0n) is 6.69. The van der Waals surface area contributed by atoms with E-state index in [0.717, 1.165) is 0 Å². The summed E-state index contributed by atoms with van der Waals surface area (Å²) < 4.78 is 3.20. The molecule has 3 rings (SSSR count). The second-order valence-corrected chi connectivity index (χ2v) is 7.40. The molecule has 0 bridgehead atoms. The van der Waals surface area contributed by atoms with Crippen LogP contribution in [0, 0.1) is 0 Å². The third-order valence-corrected chi connectivity index (χ3v) is 7.70. The van der Waals surface area contributed by atoms with Gasteiger partial charge in [0.05, 0.1) is 0 Å². The molecule has 0 spiro atoms. The summed E-state index contributed by atoms with van der Waals surface area (Å²) in [5.41, 5.74) is 2.90. The molecular weight excluding hydrogens is 312 g/mol. The Morgan fingerprint density at radius 2 is 1.31 bits per heavy atom. The molecule has 0 atom stereocenters. The van der Waals surface area contributed by atoms with Crippen molar-refractivity contribution in [3.05, 3.63) is 32.6 Å². The minimum absolute atomic E-state index is 0.104. The molecule has 0 saturated carbocycles. The normalized spacial score (nSPS) is 13.5. The van der Waals surface area contributed by atoms with Crippen LogP contribution in [0.4, 0.5) is 0 Å². The summed E-state index contributed by atoms with van der Waals surface area (Å²) in [6.07, 6.45) is 4.52. The topological polar surface area (TPSA) is 0 Å². The molecule has 0 amide bonds. The summed E-state index contributed by atoms with van der Waals surface area (Å²) >= 11 is 3.55. The monoisotopic (exact) mass is 320 g/mol. The van der Waals surface area contributed by atoms with Crippen LogP contribution in [0.5, 0.6) is 0 Å². The molecule has 0 radical (unpaired) electrons. The van der Waals surface area contributed by atoms with Crippen molar-refractivity contribution >= 4 is 63.0 Å². The molecule has 0 N–H and O–H groups in total. The Balaban J connectivity index is 2.20. The van der Waals surface area contributed by atoms with Crippen LogP contribution in [0.25, 0.3) is 12.2 Å². The van der Waals surface area contributed by atoms with Gasteiger partial charge >= 0.3 is 95.6 Å². The van der Waals surface area contributed by atoms with Gasteiger partial charge in [0.25, 0.3) is 0 Å². The van der Waals surface area contributed by atoms with Gasteiger partial charge in [-0.15, -0.1) is 0 Å². The van der Waals surface area contributed by atoms with Gasteiger partial charge in [-0.3, -0.25) is 0 Å². The van der Waals surface area contributed by atoms with Crippen molar-refractivity contribution in [3.8, 4) is 0 Å². The van der Waals surface area contributed by atoms with Crippen molar-refractivity contribution in [2.45, 2.75) is 0 Å². The summed E-state index contributed by atoms with van der Waals surface area (Å²) in [6, 6.07) is 0. The Morgan fingerprint density at radius 3 is 1.85 bits per heavy atom. The first-order valence-electron chi connectivity index (χ1n) is 3.92. The van der Waals surface area contributed by atoms with Crippen LogP contribution < -0.4 is 7.22 Å². The van der Waals surface area contributed by atoms with Crippen LogP contribution in [-0.2, 0) is 0 Å². The zero-order chi connectivity index (χ0) is 8.67. The molecule has 0 saturated heterocycles. The van der Waals surface area contributed by atoms with Gasteiger partial charge in [-0.1, -0.05) is 0 Å². The van der Waals surface area contributed by atoms with E-state index >= 15 is 0 Å². The number of hydrogen-bond donors (Lipinski definition) is 0. The van der Waals surface area contributed by atoms with Crippen molar-refractivity contribution in [2.75, 3.05) is 0 Å². The van der Waals surface area contributed by atoms with Gasteiger partial charge in [0.1, 0.15) is 0 Å². The van der Waals surface area contributed by atoms with E-state index in [2.05, 4.69) is 33.7 Å². The summed E-state index contributed by atoms with van der Waals surface area (Å²) in [5, 5.41) is 9.14. The van der Waals surface area contributed by atoms with E-state index in [0.29, 0.717) is 0 Å². The maximum absolute atomic E-state index is 2.31. The van der Waals surface area contributed by atoms with Gasteiger partial charge < -0.3 is 0 Å². The summed E-state index contributed by atoms with van der Waals surface area (Å²) in [4.78, 5) is 0. The fourth-order valence-corrected chi connectivity index (χ4v) is 7.07. The molecule has 2 aromatic heterocycles. The molecular formula is C10H6S2Te. The van der Waals surface area contributed by atoms with Gasteiger partial charge in [-0.05, 0) is 0 Å². The predicted molar refractivity (Wildman–Crippen MR) is 62.6 cm³/mol. The van der Waals surface area contributed by atoms with Gasteiger partial charge in [-0.2, -0.15) is 0 Å². The van der Waals surface area contributed by atoms with Gasteiger partial charge in [-0.25, -0.2) is 0 Å². The molecule has 3 heteroatoms. The molecule has 0 aromatic carbocycles. The second-order valence-electron chi connectivity index (χ2n) is 2.82. The number of rotatable bonds is 0. The molecule has 0 fully saturated rings. The molecule has 64 valence electrons. The van der Waals surface area contributed by atoms with E-state index < -0.39 is 0 Å². The van der Waals surface area contributed by atoms with Crippen LogP contribution in [0.2, 0.25) is 0 Å². The number of thiophene rings is 2. The Morgan fingerprint density at radius 1 is 0.769 bits per heavy atom. The van der Waals surface area contributed by atoms with Crippen LogP contribution >= 0.6 is 22.7 Å². The molecule has 13 heavy (non-hydrogen) atoms. The Labute approximate surface area is 95.0 Å². The summed E-state index contributed by atoms with van der Waals surface area (Å²) in [6.45, 7) is 0. The maximum atomic E-state index is 2.31. The van der Waals surface area contributed by atoms with Gasteiger partial charge in [0.15, 0.2) is 0 Å². The Kier molecular flexibility index (Phi) is 2.07. The van der Waals surface area contributed by atoms with E-state index in [9.17, 15) is 0 Å². The molecule has 0 nitrogen and oxygen atoms in total. The molecule has 0 unspecified atom stereocenters. The quantitative estimate of drug-likeness (QED) is 0.556. The van der Waals surface area contributed by atoms with E-state index in [1.807, 2.05) is 22.7 Å².